The first-order chi connectivity index (χ1) is 5.27. The highest BCUT2D eigenvalue weighted by molar-refractivity contribution is 9.08. The lowest BCUT2D eigenvalue weighted by Gasteiger charge is -1.99. The monoisotopic (exact) mass is 234 g/mol. The van der Waals surface area contributed by atoms with Crippen molar-refractivity contribution in [3.05, 3.63) is 29.6 Å². The molecule has 1 aromatic carbocycles. The summed E-state index contributed by atoms with van der Waals surface area (Å²) >= 11 is 4.75. The van der Waals surface area contributed by atoms with Crippen LogP contribution in [0.3, 0.4) is 0 Å². The van der Waals surface area contributed by atoms with Crippen molar-refractivity contribution < 1.29 is 4.39 Å². The van der Waals surface area contributed by atoms with Gasteiger partial charge in [-0.1, -0.05) is 22.0 Å². The van der Waals surface area contributed by atoms with Crippen molar-refractivity contribution in [2.75, 3.05) is 6.26 Å². The van der Waals surface area contributed by atoms with Gasteiger partial charge in [0.1, 0.15) is 5.82 Å². The topological polar surface area (TPSA) is 0 Å². The molecular formula is C8H8BrFS. The van der Waals surface area contributed by atoms with Gasteiger partial charge in [0.15, 0.2) is 0 Å². The molecule has 0 aliphatic carbocycles. The lowest BCUT2D eigenvalue weighted by atomic mass is 10.2. The first kappa shape index (κ1) is 9.07. The second-order valence-electron chi connectivity index (χ2n) is 2.09. The predicted octanol–water partition coefficient (Wildman–Crippen LogP) is 3.44. The number of hydrogen-bond donors (Lipinski definition) is 0. The maximum Gasteiger partial charge on any atom is 0.128 e. The van der Waals surface area contributed by atoms with Crippen LogP contribution >= 0.6 is 27.7 Å². The van der Waals surface area contributed by atoms with Crippen LogP contribution in [0.4, 0.5) is 4.39 Å². The lowest BCUT2D eigenvalue weighted by molar-refractivity contribution is 0.614. The molecule has 1 rings (SSSR count). The average molecular weight is 235 g/mol. The van der Waals surface area contributed by atoms with E-state index in [2.05, 4.69) is 15.9 Å². The van der Waals surface area contributed by atoms with E-state index >= 15 is 0 Å². The van der Waals surface area contributed by atoms with Gasteiger partial charge in [0, 0.05) is 10.2 Å². The molecule has 0 saturated heterocycles. The Morgan fingerprint density at radius 1 is 1.55 bits per heavy atom. The van der Waals surface area contributed by atoms with Crippen LogP contribution in [0.2, 0.25) is 0 Å². The first-order valence-corrected chi connectivity index (χ1v) is 5.51. The molecule has 3 heteroatoms. The molecule has 0 N–H and O–H groups in total. The minimum Gasteiger partial charge on any atom is -0.207 e. The maximum absolute atomic E-state index is 13.0. The van der Waals surface area contributed by atoms with Gasteiger partial charge >= 0.3 is 0 Å². The van der Waals surface area contributed by atoms with E-state index in [0.717, 1.165) is 4.90 Å². The number of rotatable bonds is 2. The van der Waals surface area contributed by atoms with Gasteiger partial charge in [-0.25, -0.2) is 4.39 Å². The minimum absolute atomic E-state index is 0.131. The van der Waals surface area contributed by atoms with Crippen molar-refractivity contribution in [1.82, 2.24) is 0 Å². The van der Waals surface area contributed by atoms with Gasteiger partial charge in [-0.05, 0) is 24.0 Å². The summed E-state index contributed by atoms with van der Waals surface area (Å²) in [5.74, 6) is -0.131. The van der Waals surface area contributed by atoms with E-state index in [4.69, 9.17) is 0 Å². The van der Waals surface area contributed by atoms with Crippen LogP contribution in [0, 0.1) is 5.82 Å². The molecule has 60 valence electrons. The summed E-state index contributed by atoms with van der Waals surface area (Å²) in [6.07, 6.45) is 1.93. The normalized spacial score (nSPS) is 10.1. The average Bonchev–Trinajstić information content (AvgIpc) is 2.04. The van der Waals surface area contributed by atoms with E-state index in [0.29, 0.717) is 10.9 Å². The molecule has 0 amide bonds. The van der Waals surface area contributed by atoms with Crippen LogP contribution in [-0.2, 0) is 5.33 Å². The van der Waals surface area contributed by atoms with Crippen LogP contribution in [0.5, 0.6) is 0 Å². The van der Waals surface area contributed by atoms with Crippen LogP contribution in [0.1, 0.15) is 5.56 Å². The fourth-order valence-corrected chi connectivity index (χ4v) is 1.64. The number of alkyl halides is 1. The molecule has 0 saturated carbocycles. The molecule has 0 aliphatic rings. The Hall–Kier alpha value is -0.0200. The third-order valence-corrected chi connectivity index (χ3v) is 2.73. The number of halogens is 2. The summed E-state index contributed by atoms with van der Waals surface area (Å²) in [4.78, 5) is 0.965. The Labute approximate surface area is 78.3 Å². The van der Waals surface area contributed by atoms with Gasteiger partial charge in [-0.15, -0.1) is 11.8 Å². The van der Waals surface area contributed by atoms with Crippen molar-refractivity contribution in [1.29, 1.82) is 0 Å². The van der Waals surface area contributed by atoms with Crippen LogP contribution in [0.15, 0.2) is 23.1 Å². The molecule has 0 nitrogen and oxygen atoms in total. The molecule has 0 unspecified atom stereocenters. The SMILES string of the molecule is CSc1ccc(CBr)c(F)c1. The summed E-state index contributed by atoms with van der Waals surface area (Å²) in [6, 6.07) is 5.28. The summed E-state index contributed by atoms with van der Waals surface area (Å²) in [5.41, 5.74) is 0.711. The Kier molecular flexibility index (Phi) is 3.40. The molecule has 0 atom stereocenters. The van der Waals surface area contributed by atoms with Crippen LogP contribution < -0.4 is 0 Å². The molecule has 1 aromatic rings. The zero-order valence-corrected chi connectivity index (χ0v) is 8.51. The van der Waals surface area contributed by atoms with Gasteiger partial charge < -0.3 is 0 Å². The van der Waals surface area contributed by atoms with E-state index in [1.807, 2.05) is 12.3 Å². The molecule has 0 aliphatic heterocycles. The third-order valence-electron chi connectivity index (χ3n) is 1.40. The summed E-state index contributed by atoms with van der Waals surface area (Å²) in [6.45, 7) is 0. The van der Waals surface area contributed by atoms with Crippen molar-refractivity contribution >= 4 is 27.7 Å². The van der Waals surface area contributed by atoms with Gasteiger partial charge in [0.25, 0.3) is 0 Å². The second kappa shape index (κ2) is 4.12. The molecule has 0 bridgehead atoms. The Morgan fingerprint density at radius 3 is 2.73 bits per heavy atom. The molecule has 0 spiro atoms. The van der Waals surface area contributed by atoms with Gasteiger partial charge in [-0.2, -0.15) is 0 Å². The fraction of sp³-hybridized carbons (Fsp3) is 0.250. The molecule has 11 heavy (non-hydrogen) atoms. The highest BCUT2D eigenvalue weighted by Gasteiger charge is 2.00. The van der Waals surface area contributed by atoms with E-state index in [1.54, 1.807) is 23.9 Å². The molecule has 0 heterocycles. The second-order valence-corrected chi connectivity index (χ2v) is 3.53. The lowest BCUT2D eigenvalue weighted by Crippen LogP contribution is -1.84. The fourth-order valence-electron chi connectivity index (χ4n) is 0.763. The van der Waals surface area contributed by atoms with Crippen molar-refractivity contribution in [3.63, 3.8) is 0 Å². The van der Waals surface area contributed by atoms with Crippen molar-refractivity contribution in [2.24, 2.45) is 0 Å². The zero-order chi connectivity index (χ0) is 8.27. The highest BCUT2D eigenvalue weighted by Crippen LogP contribution is 2.19. The van der Waals surface area contributed by atoms with Crippen LogP contribution in [0.25, 0.3) is 0 Å². The van der Waals surface area contributed by atoms with Crippen molar-refractivity contribution in [3.8, 4) is 0 Å². The smallest absolute Gasteiger partial charge is 0.128 e. The first-order valence-electron chi connectivity index (χ1n) is 3.16. The Bertz CT molecular complexity index is 250. The third kappa shape index (κ3) is 2.20. The molecule has 0 aromatic heterocycles. The van der Waals surface area contributed by atoms with E-state index < -0.39 is 0 Å². The molecule has 0 fully saturated rings. The zero-order valence-electron chi connectivity index (χ0n) is 6.10. The number of benzene rings is 1. The van der Waals surface area contributed by atoms with E-state index in [9.17, 15) is 4.39 Å². The predicted molar refractivity (Wildman–Crippen MR) is 50.8 cm³/mol. The van der Waals surface area contributed by atoms with Gasteiger partial charge in [-0.3, -0.25) is 0 Å². The van der Waals surface area contributed by atoms with E-state index in [-0.39, 0.29) is 5.82 Å². The van der Waals surface area contributed by atoms with Gasteiger partial charge in [0.2, 0.25) is 0 Å². The largest absolute Gasteiger partial charge is 0.207 e. The number of thioether (sulfide) groups is 1. The Balaban J connectivity index is 2.99. The van der Waals surface area contributed by atoms with Crippen LogP contribution in [-0.4, -0.2) is 6.26 Å². The van der Waals surface area contributed by atoms with Crippen molar-refractivity contribution in [2.45, 2.75) is 10.2 Å². The quantitative estimate of drug-likeness (QED) is 0.558. The standard InChI is InChI=1S/C8H8BrFS/c1-11-7-3-2-6(5-9)8(10)4-7/h2-4H,5H2,1H3. The van der Waals surface area contributed by atoms with E-state index in [1.165, 1.54) is 0 Å². The maximum atomic E-state index is 13.0. The van der Waals surface area contributed by atoms with Gasteiger partial charge in [0.05, 0.1) is 0 Å². The molecular weight excluding hydrogens is 227 g/mol. The summed E-state index contributed by atoms with van der Waals surface area (Å²) < 4.78 is 13.0. The summed E-state index contributed by atoms with van der Waals surface area (Å²) in [7, 11) is 0. The molecule has 0 radical (unpaired) electrons. The number of hydrogen-bond acceptors (Lipinski definition) is 1. The highest BCUT2D eigenvalue weighted by atomic mass is 79.9. The Morgan fingerprint density at radius 2 is 2.27 bits per heavy atom. The minimum atomic E-state index is -0.131. The summed E-state index contributed by atoms with van der Waals surface area (Å²) in [5, 5.41) is 0.577.